The summed E-state index contributed by atoms with van der Waals surface area (Å²) in [5.74, 6) is -1.66. The van der Waals surface area contributed by atoms with Crippen LogP contribution in [0.1, 0.15) is 13.8 Å². The normalized spacial score (nSPS) is 14.3. The summed E-state index contributed by atoms with van der Waals surface area (Å²) in [7, 11) is 1.44. The summed E-state index contributed by atoms with van der Waals surface area (Å²) in [6, 6.07) is 5.71. The standard InChI is InChI=1S/C13H18FNO3/c1-9(2)13(8-18-3,12(16)17)15-11-6-4-5-10(14)7-11/h4-7,9,15H,8H2,1-3H3,(H,16,17). The average Bonchev–Trinajstić information content (AvgIpc) is 2.27. The molecule has 1 aromatic rings. The van der Waals surface area contributed by atoms with E-state index in [-0.39, 0.29) is 12.5 Å². The maximum absolute atomic E-state index is 13.1. The number of halogens is 1. The molecular formula is C13H18FNO3. The number of carbonyl (C=O) groups is 1. The Morgan fingerprint density at radius 1 is 1.56 bits per heavy atom. The molecule has 0 aliphatic heterocycles. The largest absolute Gasteiger partial charge is 0.479 e. The van der Waals surface area contributed by atoms with E-state index in [4.69, 9.17) is 4.74 Å². The van der Waals surface area contributed by atoms with Crippen LogP contribution in [0.4, 0.5) is 10.1 Å². The second kappa shape index (κ2) is 5.82. The van der Waals surface area contributed by atoms with Crippen LogP contribution in [0.5, 0.6) is 0 Å². The molecule has 18 heavy (non-hydrogen) atoms. The fourth-order valence-electron chi connectivity index (χ4n) is 1.76. The van der Waals surface area contributed by atoms with Crippen LogP contribution in [-0.2, 0) is 9.53 Å². The highest BCUT2D eigenvalue weighted by molar-refractivity contribution is 5.83. The van der Waals surface area contributed by atoms with E-state index >= 15 is 0 Å². The number of carboxylic acid groups (broad SMARTS) is 1. The molecule has 0 amide bonds. The smallest absolute Gasteiger partial charge is 0.332 e. The number of anilines is 1. The van der Waals surface area contributed by atoms with Crippen LogP contribution in [0, 0.1) is 11.7 Å². The highest BCUT2D eigenvalue weighted by Gasteiger charge is 2.42. The minimum atomic E-state index is -1.28. The second-order valence-corrected chi connectivity index (χ2v) is 4.50. The molecule has 5 heteroatoms. The van der Waals surface area contributed by atoms with E-state index < -0.39 is 17.3 Å². The predicted octanol–water partition coefficient (Wildman–Crippen LogP) is 2.36. The summed E-state index contributed by atoms with van der Waals surface area (Å²) in [5, 5.41) is 12.3. The Balaban J connectivity index is 3.08. The Labute approximate surface area is 106 Å². The monoisotopic (exact) mass is 255 g/mol. The van der Waals surface area contributed by atoms with Crippen molar-refractivity contribution in [3.05, 3.63) is 30.1 Å². The van der Waals surface area contributed by atoms with Crippen molar-refractivity contribution in [3.8, 4) is 0 Å². The maximum Gasteiger partial charge on any atom is 0.332 e. The van der Waals surface area contributed by atoms with Gasteiger partial charge in [0.15, 0.2) is 5.54 Å². The summed E-state index contributed by atoms with van der Waals surface area (Å²) in [5.41, 5.74) is -0.856. The molecule has 0 aliphatic carbocycles. The Morgan fingerprint density at radius 2 is 2.22 bits per heavy atom. The van der Waals surface area contributed by atoms with Gasteiger partial charge in [-0.05, 0) is 24.1 Å². The Bertz CT molecular complexity index is 422. The highest BCUT2D eigenvalue weighted by Crippen LogP contribution is 2.24. The maximum atomic E-state index is 13.1. The molecule has 0 bridgehead atoms. The summed E-state index contributed by atoms with van der Waals surface area (Å²) in [6.07, 6.45) is 0. The molecule has 0 fully saturated rings. The molecule has 0 heterocycles. The molecule has 2 N–H and O–H groups in total. The third-order valence-corrected chi connectivity index (χ3v) is 2.93. The summed E-state index contributed by atoms with van der Waals surface area (Å²) in [6.45, 7) is 3.55. The highest BCUT2D eigenvalue weighted by atomic mass is 19.1. The molecule has 1 rings (SSSR count). The minimum absolute atomic E-state index is 0.00346. The molecule has 4 nitrogen and oxygen atoms in total. The van der Waals surface area contributed by atoms with E-state index in [0.29, 0.717) is 5.69 Å². The first kappa shape index (κ1) is 14.4. The number of hydrogen-bond acceptors (Lipinski definition) is 3. The van der Waals surface area contributed by atoms with Gasteiger partial charge in [-0.1, -0.05) is 19.9 Å². The van der Waals surface area contributed by atoms with E-state index in [9.17, 15) is 14.3 Å². The van der Waals surface area contributed by atoms with Gasteiger partial charge >= 0.3 is 5.97 Å². The Kier molecular flexibility index (Phi) is 4.67. The average molecular weight is 255 g/mol. The zero-order valence-electron chi connectivity index (χ0n) is 10.7. The van der Waals surface area contributed by atoms with Gasteiger partial charge in [0.05, 0.1) is 6.61 Å². The second-order valence-electron chi connectivity index (χ2n) is 4.50. The van der Waals surface area contributed by atoms with Gasteiger partial charge < -0.3 is 15.2 Å². The van der Waals surface area contributed by atoms with Crippen molar-refractivity contribution in [2.75, 3.05) is 19.0 Å². The number of benzene rings is 1. The fraction of sp³-hybridized carbons (Fsp3) is 0.462. The van der Waals surface area contributed by atoms with Gasteiger partial charge in [0.1, 0.15) is 5.82 Å². The van der Waals surface area contributed by atoms with Crippen LogP contribution in [-0.4, -0.2) is 30.3 Å². The van der Waals surface area contributed by atoms with Crippen molar-refractivity contribution < 1.29 is 19.0 Å². The Hall–Kier alpha value is -1.62. The van der Waals surface area contributed by atoms with E-state index in [1.807, 2.05) is 0 Å². The van der Waals surface area contributed by atoms with Crippen molar-refractivity contribution in [3.63, 3.8) is 0 Å². The van der Waals surface area contributed by atoms with Crippen LogP contribution >= 0.6 is 0 Å². The van der Waals surface area contributed by atoms with Crippen LogP contribution in [0.3, 0.4) is 0 Å². The molecule has 0 spiro atoms. The lowest BCUT2D eigenvalue weighted by Gasteiger charge is -2.34. The van der Waals surface area contributed by atoms with Crippen molar-refractivity contribution in [2.45, 2.75) is 19.4 Å². The van der Waals surface area contributed by atoms with Gasteiger partial charge in [-0.2, -0.15) is 0 Å². The van der Waals surface area contributed by atoms with E-state index in [2.05, 4.69) is 5.32 Å². The molecule has 0 radical (unpaired) electrons. The number of ether oxygens (including phenoxy) is 1. The van der Waals surface area contributed by atoms with Crippen molar-refractivity contribution in [1.29, 1.82) is 0 Å². The first-order chi connectivity index (χ1) is 8.42. The van der Waals surface area contributed by atoms with Crippen molar-refractivity contribution in [2.24, 2.45) is 5.92 Å². The number of rotatable bonds is 6. The third kappa shape index (κ3) is 2.98. The zero-order valence-corrected chi connectivity index (χ0v) is 10.7. The molecule has 0 aromatic heterocycles. The predicted molar refractivity (Wildman–Crippen MR) is 67.1 cm³/mol. The number of hydrogen-bond donors (Lipinski definition) is 2. The van der Waals surface area contributed by atoms with Crippen LogP contribution in [0.2, 0.25) is 0 Å². The third-order valence-electron chi connectivity index (χ3n) is 2.93. The zero-order chi connectivity index (χ0) is 13.8. The van der Waals surface area contributed by atoms with Gasteiger partial charge in [-0.15, -0.1) is 0 Å². The molecule has 1 atom stereocenters. The quantitative estimate of drug-likeness (QED) is 0.819. The molecule has 100 valence electrons. The number of carboxylic acids is 1. The van der Waals surface area contributed by atoms with Gasteiger partial charge in [0.25, 0.3) is 0 Å². The van der Waals surface area contributed by atoms with E-state index in [1.54, 1.807) is 19.9 Å². The van der Waals surface area contributed by atoms with E-state index in [1.165, 1.54) is 25.3 Å². The fourth-order valence-corrected chi connectivity index (χ4v) is 1.76. The summed E-state index contributed by atoms with van der Waals surface area (Å²) in [4.78, 5) is 11.5. The van der Waals surface area contributed by atoms with Crippen LogP contribution < -0.4 is 5.32 Å². The lowest BCUT2D eigenvalue weighted by atomic mass is 9.86. The van der Waals surface area contributed by atoms with Crippen molar-refractivity contribution >= 4 is 11.7 Å². The molecule has 0 aliphatic rings. The lowest BCUT2D eigenvalue weighted by molar-refractivity contribution is -0.146. The molecule has 0 saturated heterocycles. The number of methoxy groups -OCH3 is 1. The molecule has 0 saturated carbocycles. The molecule has 1 aromatic carbocycles. The van der Waals surface area contributed by atoms with Gasteiger partial charge in [-0.25, -0.2) is 9.18 Å². The first-order valence-electron chi connectivity index (χ1n) is 5.68. The summed E-state index contributed by atoms with van der Waals surface area (Å²) < 4.78 is 18.1. The van der Waals surface area contributed by atoms with Gasteiger partial charge in [0, 0.05) is 12.8 Å². The number of nitrogens with one attached hydrogen (secondary N) is 1. The first-order valence-corrected chi connectivity index (χ1v) is 5.68. The molecule has 1 unspecified atom stereocenters. The van der Waals surface area contributed by atoms with Crippen molar-refractivity contribution in [1.82, 2.24) is 0 Å². The van der Waals surface area contributed by atoms with Crippen LogP contribution in [0.15, 0.2) is 24.3 Å². The van der Waals surface area contributed by atoms with Crippen LogP contribution in [0.25, 0.3) is 0 Å². The topological polar surface area (TPSA) is 58.6 Å². The Morgan fingerprint density at radius 3 is 2.67 bits per heavy atom. The lowest BCUT2D eigenvalue weighted by Crippen LogP contribution is -2.54. The van der Waals surface area contributed by atoms with E-state index in [0.717, 1.165) is 0 Å². The van der Waals surface area contributed by atoms with Gasteiger partial charge in [-0.3, -0.25) is 0 Å². The SMILES string of the molecule is COCC(Nc1cccc(F)c1)(C(=O)O)C(C)C. The molecular weight excluding hydrogens is 237 g/mol. The number of aliphatic carboxylic acids is 1. The van der Waals surface area contributed by atoms with Gasteiger partial charge in [0.2, 0.25) is 0 Å². The summed E-state index contributed by atoms with van der Waals surface area (Å²) >= 11 is 0. The minimum Gasteiger partial charge on any atom is -0.479 e.